The summed E-state index contributed by atoms with van der Waals surface area (Å²) in [6.45, 7) is 9.60. The van der Waals surface area contributed by atoms with Crippen LogP contribution < -0.4 is 24.6 Å². The number of carbonyl (C=O) groups excluding carboxylic acids is 2. The summed E-state index contributed by atoms with van der Waals surface area (Å²) in [6.07, 6.45) is 22.8. The molecule has 1 atom stereocenters. The number of aromatic nitrogens is 5. The number of pyridine rings is 2. The molecular formula is C61H90N9O10+. The number of carboxylic acids is 3. The first-order valence-electron chi connectivity index (χ1n) is 29.3. The number of rotatable bonds is 38. The van der Waals surface area contributed by atoms with Crippen molar-refractivity contribution in [2.75, 3.05) is 76.4 Å². The second kappa shape index (κ2) is 31.4. The number of aliphatic carboxylic acids is 3. The number of nitrogens with one attached hydrogen (secondary N) is 1. The summed E-state index contributed by atoms with van der Waals surface area (Å²) >= 11 is 0. The fraction of sp³-hybridized carbons (Fsp3) is 0.623. The van der Waals surface area contributed by atoms with Crippen molar-refractivity contribution in [1.82, 2.24) is 30.3 Å². The summed E-state index contributed by atoms with van der Waals surface area (Å²) in [5.74, 6) is -0.528. The van der Waals surface area contributed by atoms with Gasteiger partial charge in [-0.25, -0.2) is 19.6 Å². The Hall–Kier alpha value is -6.63. The zero-order valence-corrected chi connectivity index (χ0v) is 48.3. The van der Waals surface area contributed by atoms with Gasteiger partial charge in [-0.05, 0) is 117 Å². The standard InChI is InChI=1S/C61H89N9O10/c1-45-19-17-21-54(64-45)69(60(78)51-26-25-50(79-5)38-53(51)67-33-28-46(29-34-67)43-80-56-37-48(27-32-63-56)52(39-57(72)73)47-23-24-47)44-61(2,3)30-35-68-40-49(65-66-68)20-15-13-11-9-7-6-8-10-12-14-16-22-55(71)62-31-18-36-70(4,41-58(74)75)42-59(76)77/h17,19,21,25-27,32,37-38,40,46-47,52H,6-16,18,20,22-24,28-31,33-36,39,41-44H2,1-5H3,(H3-,62,71,72,73,74,75,76,77)/p+1/t52-/m0/s1. The first-order valence-corrected chi connectivity index (χ1v) is 29.3. The van der Waals surface area contributed by atoms with Crippen LogP contribution in [0.1, 0.15) is 169 Å². The molecule has 2 amide bonds. The van der Waals surface area contributed by atoms with Crippen molar-refractivity contribution in [3.63, 3.8) is 0 Å². The molecule has 0 unspecified atom stereocenters. The number of amides is 2. The predicted molar refractivity (Wildman–Crippen MR) is 307 cm³/mol. The highest BCUT2D eigenvalue weighted by atomic mass is 16.5. The van der Waals surface area contributed by atoms with Crippen LogP contribution in [-0.2, 0) is 32.1 Å². The van der Waals surface area contributed by atoms with E-state index in [0.29, 0.717) is 74.6 Å². The summed E-state index contributed by atoms with van der Waals surface area (Å²) in [7, 11) is 3.26. The average molecular weight is 1110 g/mol. The maximum absolute atomic E-state index is 15.0. The van der Waals surface area contributed by atoms with Gasteiger partial charge in [0, 0.05) is 75.8 Å². The number of nitrogens with zero attached hydrogens (tertiary/aromatic N) is 8. The lowest BCUT2D eigenvalue weighted by Crippen LogP contribution is -2.52. The highest BCUT2D eigenvalue weighted by Gasteiger charge is 2.35. The number of anilines is 2. The summed E-state index contributed by atoms with van der Waals surface area (Å²) in [5, 5.41) is 39.7. The summed E-state index contributed by atoms with van der Waals surface area (Å²) in [6, 6.07) is 15.3. The number of quaternary nitrogens is 1. The Morgan fingerprint density at radius 2 is 1.51 bits per heavy atom. The Balaban J connectivity index is 0.888. The third kappa shape index (κ3) is 21.4. The molecule has 1 aliphatic heterocycles. The number of ether oxygens (including phenoxy) is 2. The van der Waals surface area contributed by atoms with Gasteiger partial charge in [-0.15, -0.1) is 5.10 Å². The highest BCUT2D eigenvalue weighted by Crippen LogP contribution is 2.45. The molecule has 4 heterocycles. The Bertz CT molecular complexity index is 2600. The van der Waals surface area contributed by atoms with Crippen molar-refractivity contribution in [1.29, 1.82) is 0 Å². The zero-order valence-electron chi connectivity index (χ0n) is 48.3. The number of methoxy groups -OCH3 is 1. The first-order chi connectivity index (χ1) is 38.4. The summed E-state index contributed by atoms with van der Waals surface area (Å²) in [4.78, 5) is 74.7. The molecule has 438 valence electrons. The molecule has 0 spiro atoms. The quantitative estimate of drug-likeness (QED) is 0.0241. The number of hydrogen-bond acceptors (Lipinski definition) is 12. The minimum atomic E-state index is -1.04. The molecule has 0 radical (unpaired) electrons. The fourth-order valence-corrected chi connectivity index (χ4v) is 11.0. The van der Waals surface area contributed by atoms with E-state index in [-0.39, 0.29) is 53.1 Å². The second-order valence-electron chi connectivity index (χ2n) is 23.5. The van der Waals surface area contributed by atoms with Crippen molar-refractivity contribution in [2.24, 2.45) is 17.3 Å². The molecule has 1 saturated heterocycles. The molecule has 2 aliphatic rings. The van der Waals surface area contributed by atoms with Crippen LogP contribution in [0.15, 0.2) is 60.9 Å². The van der Waals surface area contributed by atoms with E-state index in [1.54, 1.807) is 20.4 Å². The van der Waals surface area contributed by atoms with Gasteiger partial charge in [0.2, 0.25) is 11.8 Å². The lowest BCUT2D eigenvalue weighted by atomic mass is 9.88. The number of carbonyl (C=O) groups is 5. The van der Waals surface area contributed by atoms with Gasteiger partial charge in [0.1, 0.15) is 11.6 Å². The van der Waals surface area contributed by atoms with Crippen LogP contribution in [0.3, 0.4) is 0 Å². The van der Waals surface area contributed by atoms with E-state index >= 15 is 4.79 Å². The molecule has 4 aromatic rings. The molecule has 1 aliphatic carbocycles. The Morgan fingerprint density at radius 1 is 0.838 bits per heavy atom. The van der Waals surface area contributed by atoms with E-state index in [2.05, 4.69) is 45.6 Å². The number of piperidine rings is 1. The van der Waals surface area contributed by atoms with Gasteiger partial charge in [0.15, 0.2) is 13.1 Å². The number of hydrogen-bond donors (Lipinski definition) is 4. The van der Waals surface area contributed by atoms with Crippen molar-refractivity contribution in [2.45, 2.75) is 162 Å². The second-order valence-corrected chi connectivity index (χ2v) is 23.5. The lowest BCUT2D eigenvalue weighted by molar-refractivity contribution is -0.895. The maximum Gasteiger partial charge on any atom is 0.359 e. The van der Waals surface area contributed by atoms with E-state index in [0.717, 1.165) is 106 Å². The monoisotopic (exact) mass is 1110 g/mol. The topological polar surface area (TPSA) is 239 Å². The molecule has 4 N–H and O–H groups in total. The Kier molecular flexibility index (Phi) is 24.5. The smallest absolute Gasteiger partial charge is 0.359 e. The van der Waals surface area contributed by atoms with Gasteiger partial charge in [-0.3, -0.25) is 24.0 Å². The van der Waals surface area contributed by atoms with E-state index in [4.69, 9.17) is 24.7 Å². The van der Waals surface area contributed by atoms with E-state index in [9.17, 15) is 24.3 Å². The van der Waals surface area contributed by atoms with Crippen LogP contribution in [0.25, 0.3) is 0 Å². The fourth-order valence-electron chi connectivity index (χ4n) is 11.0. The van der Waals surface area contributed by atoms with Crippen LogP contribution in [-0.4, -0.2) is 141 Å². The lowest BCUT2D eigenvalue weighted by Gasteiger charge is -2.36. The molecule has 19 heteroatoms. The van der Waals surface area contributed by atoms with Gasteiger partial charge in [0.05, 0.1) is 50.7 Å². The molecule has 1 aromatic carbocycles. The average Bonchev–Trinajstić information content (AvgIpc) is 4.17. The molecule has 19 nitrogen and oxygen atoms in total. The van der Waals surface area contributed by atoms with Crippen molar-refractivity contribution in [3.8, 4) is 11.6 Å². The van der Waals surface area contributed by atoms with Gasteiger partial charge in [-0.2, -0.15) is 0 Å². The molecule has 80 heavy (non-hydrogen) atoms. The van der Waals surface area contributed by atoms with Crippen LogP contribution >= 0.6 is 0 Å². The summed E-state index contributed by atoms with van der Waals surface area (Å²) in [5.41, 5.74) is 3.90. The number of likely N-dealkylation sites (N-methyl/N-ethyl adjacent to an activating group) is 1. The van der Waals surface area contributed by atoms with Gasteiger partial charge < -0.3 is 39.5 Å². The van der Waals surface area contributed by atoms with Crippen LogP contribution in [0.2, 0.25) is 0 Å². The third-order valence-electron chi connectivity index (χ3n) is 15.8. The predicted octanol–water partition coefficient (Wildman–Crippen LogP) is 9.76. The molecule has 2 fully saturated rings. The van der Waals surface area contributed by atoms with Crippen molar-refractivity contribution in [3.05, 3.63) is 83.4 Å². The Labute approximate surface area is 473 Å². The molecular weight excluding hydrogens is 1020 g/mol. The first kappa shape index (κ1) is 62.6. The zero-order chi connectivity index (χ0) is 57.5. The maximum atomic E-state index is 15.0. The SMILES string of the molecule is COc1ccc(C(=O)N(CC(C)(C)CCn2cc(CCCCCCCCCCCCCC(=O)NCCC[N+](C)(CC(=O)O)CC(=O)O)nn2)c2cccc(C)n2)c(N2CCC(COc3cc([C@@H](CC(=O)O)C4CC4)ccn3)CC2)c1. The van der Waals surface area contributed by atoms with Crippen molar-refractivity contribution < 1.29 is 53.2 Å². The normalized spacial score (nSPS) is 14.4. The molecule has 3 aromatic heterocycles. The Morgan fingerprint density at radius 3 is 2.15 bits per heavy atom. The third-order valence-corrected chi connectivity index (χ3v) is 15.8. The number of unbranched alkanes of at least 4 members (excludes halogenated alkanes) is 10. The van der Waals surface area contributed by atoms with E-state index in [1.165, 1.54) is 38.5 Å². The van der Waals surface area contributed by atoms with Crippen LogP contribution in [0, 0.1) is 24.2 Å². The minimum absolute atomic E-state index is 0.0163. The number of benzene rings is 1. The van der Waals surface area contributed by atoms with E-state index in [1.807, 2.05) is 65.0 Å². The van der Waals surface area contributed by atoms with Gasteiger partial charge >= 0.3 is 17.9 Å². The van der Waals surface area contributed by atoms with Gasteiger partial charge in [0.25, 0.3) is 5.91 Å². The molecule has 6 rings (SSSR count). The number of carboxylic acid groups (broad SMARTS) is 3. The van der Waals surface area contributed by atoms with Crippen molar-refractivity contribution >= 4 is 41.2 Å². The minimum Gasteiger partial charge on any atom is -0.497 e. The van der Waals surface area contributed by atoms with Gasteiger partial charge in [-0.1, -0.05) is 82.9 Å². The summed E-state index contributed by atoms with van der Waals surface area (Å²) < 4.78 is 13.8. The van der Waals surface area contributed by atoms with Crippen LogP contribution in [0.5, 0.6) is 11.6 Å². The van der Waals surface area contributed by atoms with E-state index < -0.39 is 17.9 Å². The number of aryl methyl sites for hydroxylation is 3. The highest BCUT2D eigenvalue weighted by molar-refractivity contribution is 6.09. The largest absolute Gasteiger partial charge is 0.497 e. The molecule has 1 saturated carbocycles. The van der Waals surface area contributed by atoms with Crippen LogP contribution in [0.4, 0.5) is 11.5 Å². The molecule has 0 bridgehead atoms.